The zero-order valence-corrected chi connectivity index (χ0v) is 10.8. The number of nitrogens with one attached hydrogen (secondary N) is 2. The molecule has 6 heteroatoms. The summed E-state index contributed by atoms with van der Waals surface area (Å²) in [5, 5.41) is 5.97. The van der Waals surface area contributed by atoms with Crippen LogP contribution in [-0.2, 0) is 4.74 Å². The smallest absolute Gasteiger partial charge is 0.224 e. The second kappa shape index (κ2) is 5.48. The van der Waals surface area contributed by atoms with Gasteiger partial charge in [-0.05, 0) is 26.2 Å². The molecule has 1 saturated carbocycles. The van der Waals surface area contributed by atoms with E-state index in [0.29, 0.717) is 19.0 Å². The maximum absolute atomic E-state index is 13.6. The van der Waals surface area contributed by atoms with Crippen LogP contribution >= 0.6 is 0 Å². The Kier molecular flexibility index (Phi) is 3.96. The minimum atomic E-state index is -0.442. The summed E-state index contributed by atoms with van der Waals surface area (Å²) in [5.74, 6) is 0.216. The van der Waals surface area contributed by atoms with Gasteiger partial charge in [-0.3, -0.25) is 0 Å². The predicted octanol–water partition coefficient (Wildman–Crippen LogP) is 2.03. The van der Waals surface area contributed by atoms with E-state index in [1.165, 1.54) is 6.20 Å². The quantitative estimate of drug-likeness (QED) is 0.813. The SMILES string of the molecule is CCNc1ncc(F)c(NCC2(OC)CCC2)n1. The van der Waals surface area contributed by atoms with E-state index < -0.39 is 5.82 Å². The Bertz CT molecular complexity index is 404. The molecule has 1 aromatic heterocycles. The number of aromatic nitrogens is 2. The molecular weight excluding hydrogens is 235 g/mol. The van der Waals surface area contributed by atoms with E-state index in [4.69, 9.17) is 4.74 Å². The fraction of sp³-hybridized carbons (Fsp3) is 0.667. The Labute approximate surface area is 106 Å². The van der Waals surface area contributed by atoms with E-state index >= 15 is 0 Å². The highest BCUT2D eigenvalue weighted by Gasteiger charge is 2.36. The van der Waals surface area contributed by atoms with Crippen LogP contribution in [0.4, 0.5) is 16.2 Å². The van der Waals surface area contributed by atoms with Crippen molar-refractivity contribution >= 4 is 11.8 Å². The van der Waals surface area contributed by atoms with Crippen molar-refractivity contribution in [2.75, 3.05) is 30.8 Å². The average Bonchev–Trinajstić information content (AvgIpc) is 2.32. The predicted molar refractivity (Wildman–Crippen MR) is 68.2 cm³/mol. The van der Waals surface area contributed by atoms with Crippen LogP contribution < -0.4 is 10.6 Å². The lowest BCUT2D eigenvalue weighted by molar-refractivity contribution is -0.0602. The fourth-order valence-corrected chi connectivity index (χ4v) is 2.00. The third kappa shape index (κ3) is 2.69. The number of hydrogen-bond acceptors (Lipinski definition) is 5. The second-order valence-electron chi connectivity index (χ2n) is 4.51. The fourth-order valence-electron chi connectivity index (χ4n) is 2.00. The molecule has 100 valence electrons. The number of rotatable bonds is 6. The molecule has 1 aromatic rings. The number of halogens is 1. The number of nitrogens with zero attached hydrogens (tertiary/aromatic N) is 2. The van der Waals surface area contributed by atoms with Crippen LogP contribution in [0.5, 0.6) is 0 Å². The zero-order valence-electron chi connectivity index (χ0n) is 10.8. The molecule has 0 spiro atoms. The minimum absolute atomic E-state index is 0.157. The topological polar surface area (TPSA) is 59.1 Å². The monoisotopic (exact) mass is 254 g/mol. The number of methoxy groups -OCH3 is 1. The van der Waals surface area contributed by atoms with Gasteiger partial charge >= 0.3 is 0 Å². The Morgan fingerprint density at radius 2 is 2.22 bits per heavy atom. The van der Waals surface area contributed by atoms with E-state index in [2.05, 4.69) is 20.6 Å². The molecule has 2 N–H and O–H groups in total. The Hall–Kier alpha value is -1.43. The average molecular weight is 254 g/mol. The lowest BCUT2D eigenvalue weighted by Gasteiger charge is -2.40. The molecule has 0 amide bonds. The molecule has 0 saturated heterocycles. The van der Waals surface area contributed by atoms with Crippen molar-refractivity contribution in [3.05, 3.63) is 12.0 Å². The first-order valence-electron chi connectivity index (χ1n) is 6.24. The van der Waals surface area contributed by atoms with E-state index in [9.17, 15) is 4.39 Å². The summed E-state index contributed by atoms with van der Waals surface area (Å²) in [7, 11) is 1.70. The zero-order chi connectivity index (χ0) is 13.0. The highest BCUT2D eigenvalue weighted by Crippen LogP contribution is 2.35. The first-order chi connectivity index (χ1) is 8.69. The van der Waals surface area contributed by atoms with E-state index in [-0.39, 0.29) is 11.4 Å². The third-order valence-electron chi connectivity index (χ3n) is 3.35. The third-order valence-corrected chi connectivity index (χ3v) is 3.35. The first-order valence-corrected chi connectivity index (χ1v) is 6.24. The molecule has 1 heterocycles. The number of ether oxygens (including phenoxy) is 1. The van der Waals surface area contributed by atoms with Gasteiger partial charge in [-0.25, -0.2) is 9.37 Å². The molecule has 1 fully saturated rings. The van der Waals surface area contributed by atoms with Crippen molar-refractivity contribution in [3.8, 4) is 0 Å². The molecular formula is C12H19FN4O. The standard InChI is InChI=1S/C12H19FN4O/c1-3-14-11-15-7-9(13)10(17-11)16-8-12(18-2)5-4-6-12/h7H,3-6,8H2,1-2H3,(H2,14,15,16,17). The van der Waals surface area contributed by atoms with Crippen molar-refractivity contribution < 1.29 is 9.13 Å². The van der Waals surface area contributed by atoms with Gasteiger partial charge in [0, 0.05) is 20.2 Å². The molecule has 0 aliphatic heterocycles. The molecule has 5 nitrogen and oxygen atoms in total. The van der Waals surface area contributed by atoms with Gasteiger partial charge in [0.1, 0.15) is 0 Å². The maximum atomic E-state index is 13.6. The lowest BCUT2D eigenvalue weighted by Crippen LogP contribution is -2.45. The van der Waals surface area contributed by atoms with Crippen LogP contribution in [0, 0.1) is 5.82 Å². The van der Waals surface area contributed by atoms with Gasteiger partial charge in [-0.15, -0.1) is 0 Å². The molecule has 0 unspecified atom stereocenters. The number of anilines is 2. The Morgan fingerprint density at radius 1 is 1.44 bits per heavy atom. The van der Waals surface area contributed by atoms with Gasteiger partial charge in [0.15, 0.2) is 11.6 Å². The van der Waals surface area contributed by atoms with Crippen molar-refractivity contribution in [2.24, 2.45) is 0 Å². The minimum Gasteiger partial charge on any atom is -0.376 e. The Balaban J connectivity index is 2.01. The van der Waals surface area contributed by atoms with Crippen LogP contribution in [0.2, 0.25) is 0 Å². The molecule has 18 heavy (non-hydrogen) atoms. The largest absolute Gasteiger partial charge is 0.376 e. The number of hydrogen-bond donors (Lipinski definition) is 2. The normalized spacial score (nSPS) is 17.1. The van der Waals surface area contributed by atoms with E-state index in [1.807, 2.05) is 6.92 Å². The van der Waals surface area contributed by atoms with Crippen molar-refractivity contribution in [1.29, 1.82) is 0 Å². The van der Waals surface area contributed by atoms with Gasteiger partial charge in [0.25, 0.3) is 0 Å². The summed E-state index contributed by atoms with van der Waals surface area (Å²) in [6, 6.07) is 0. The second-order valence-corrected chi connectivity index (χ2v) is 4.51. The molecule has 0 bridgehead atoms. The van der Waals surface area contributed by atoms with Gasteiger partial charge in [-0.2, -0.15) is 4.98 Å². The van der Waals surface area contributed by atoms with Gasteiger partial charge in [0.05, 0.1) is 11.8 Å². The molecule has 0 radical (unpaired) electrons. The van der Waals surface area contributed by atoms with Crippen LogP contribution in [0.1, 0.15) is 26.2 Å². The summed E-state index contributed by atoms with van der Waals surface area (Å²) in [4.78, 5) is 7.95. The molecule has 2 rings (SSSR count). The Morgan fingerprint density at radius 3 is 2.78 bits per heavy atom. The molecule has 0 atom stereocenters. The summed E-state index contributed by atoms with van der Waals surface area (Å²) < 4.78 is 19.0. The van der Waals surface area contributed by atoms with Crippen molar-refractivity contribution in [2.45, 2.75) is 31.8 Å². The van der Waals surface area contributed by atoms with Gasteiger partial charge in [-0.1, -0.05) is 0 Å². The van der Waals surface area contributed by atoms with Crippen LogP contribution in [0.15, 0.2) is 6.20 Å². The summed E-state index contributed by atoms with van der Waals surface area (Å²) in [5.41, 5.74) is -0.157. The highest BCUT2D eigenvalue weighted by atomic mass is 19.1. The van der Waals surface area contributed by atoms with Gasteiger partial charge < -0.3 is 15.4 Å². The van der Waals surface area contributed by atoms with Crippen LogP contribution in [-0.4, -0.2) is 35.8 Å². The van der Waals surface area contributed by atoms with Gasteiger partial charge in [0.2, 0.25) is 5.95 Å². The lowest BCUT2D eigenvalue weighted by atomic mass is 9.80. The molecule has 0 aromatic carbocycles. The summed E-state index contributed by atoms with van der Waals surface area (Å²) in [6.07, 6.45) is 4.34. The van der Waals surface area contributed by atoms with Crippen LogP contribution in [0.25, 0.3) is 0 Å². The van der Waals surface area contributed by atoms with E-state index in [1.54, 1.807) is 7.11 Å². The maximum Gasteiger partial charge on any atom is 0.224 e. The van der Waals surface area contributed by atoms with Crippen molar-refractivity contribution in [1.82, 2.24) is 9.97 Å². The van der Waals surface area contributed by atoms with Crippen molar-refractivity contribution in [3.63, 3.8) is 0 Å². The van der Waals surface area contributed by atoms with E-state index in [0.717, 1.165) is 19.3 Å². The molecule has 1 aliphatic carbocycles. The highest BCUT2D eigenvalue weighted by molar-refractivity contribution is 5.41. The summed E-state index contributed by atoms with van der Waals surface area (Å²) in [6.45, 7) is 3.21. The molecule has 1 aliphatic rings. The first kappa shape index (κ1) is 13.0. The summed E-state index contributed by atoms with van der Waals surface area (Å²) >= 11 is 0. The van der Waals surface area contributed by atoms with Crippen LogP contribution in [0.3, 0.4) is 0 Å².